The third-order valence-electron chi connectivity index (χ3n) is 2.05. The largest absolute Gasteiger partial charge is 0.461 e. The van der Waals surface area contributed by atoms with Gasteiger partial charge in [0.25, 0.3) is 0 Å². The zero-order valence-electron chi connectivity index (χ0n) is 10.8. The summed E-state index contributed by atoms with van der Waals surface area (Å²) < 4.78 is 5.41. The molecule has 0 saturated carbocycles. The Bertz CT molecular complexity index is 624. The van der Waals surface area contributed by atoms with Crippen molar-refractivity contribution in [1.82, 2.24) is 15.0 Å². The van der Waals surface area contributed by atoms with Gasteiger partial charge in [-0.15, -0.1) is 0 Å². The number of nitrogens with zero attached hydrogens (tertiary/aromatic N) is 3. The molecule has 0 unspecified atom stereocenters. The molecule has 0 aliphatic carbocycles. The van der Waals surface area contributed by atoms with E-state index in [0.717, 1.165) is 4.90 Å². The highest BCUT2D eigenvalue weighted by Gasteiger charge is 2.09. The van der Waals surface area contributed by atoms with Gasteiger partial charge in [-0.1, -0.05) is 23.2 Å². The van der Waals surface area contributed by atoms with Gasteiger partial charge in [-0.05, 0) is 43.8 Å². The minimum Gasteiger partial charge on any atom is -0.461 e. The zero-order valence-corrected chi connectivity index (χ0v) is 13.1. The summed E-state index contributed by atoms with van der Waals surface area (Å²) in [6, 6.07) is 5.47. The highest BCUT2D eigenvalue weighted by Crippen LogP contribution is 2.31. The van der Waals surface area contributed by atoms with Crippen molar-refractivity contribution in [2.24, 2.45) is 0 Å². The molecule has 0 atom stereocenters. The van der Waals surface area contributed by atoms with Crippen LogP contribution in [-0.4, -0.2) is 21.1 Å². The molecule has 0 aliphatic rings. The van der Waals surface area contributed by atoms with E-state index in [9.17, 15) is 0 Å². The van der Waals surface area contributed by atoms with E-state index in [1.54, 1.807) is 12.1 Å². The van der Waals surface area contributed by atoms with Crippen molar-refractivity contribution < 1.29 is 4.74 Å². The average molecular weight is 331 g/mol. The normalized spacial score (nSPS) is 10.8. The summed E-state index contributed by atoms with van der Waals surface area (Å²) in [5.74, 6) is 0.109. The second-order valence-corrected chi connectivity index (χ2v) is 5.96. The van der Waals surface area contributed by atoms with Gasteiger partial charge in [-0.3, -0.25) is 0 Å². The van der Waals surface area contributed by atoms with E-state index in [-0.39, 0.29) is 18.1 Å². The lowest BCUT2D eigenvalue weighted by Gasteiger charge is -2.09. The van der Waals surface area contributed by atoms with E-state index in [0.29, 0.717) is 15.2 Å². The van der Waals surface area contributed by atoms with E-state index in [1.165, 1.54) is 11.8 Å². The Kier molecular flexibility index (Phi) is 4.91. The summed E-state index contributed by atoms with van der Waals surface area (Å²) >= 11 is 13.1. The summed E-state index contributed by atoms with van der Waals surface area (Å²) in [6.07, 6.45) is -0.0420. The summed E-state index contributed by atoms with van der Waals surface area (Å²) in [4.78, 5) is 13.0. The molecule has 8 heteroatoms. The van der Waals surface area contributed by atoms with Gasteiger partial charge in [0.15, 0.2) is 0 Å². The highest BCUT2D eigenvalue weighted by atomic mass is 35.5. The zero-order chi connectivity index (χ0) is 14.7. The van der Waals surface area contributed by atoms with Crippen molar-refractivity contribution in [1.29, 1.82) is 0 Å². The smallest absolute Gasteiger partial charge is 0.322 e. The number of halogens is 2. The van der Waals surface area contributed by atoms with Crippen LogP contribution < -0.4 is 10.5 Å². The van der Waals surface area contributed by atoms with E-state index >= 15 is 0 Å². The lowest BCUT2D eigenvalue weighted by Crippen LogP contribution is -2.10. The molecule has 0 radical (unpaired) electrons. The number of aromatic nitrogens is 3. The second-order valence-electron chi connectivity index (χ2n) is 4.10. The summed E-state index contributed by atoms with van der Waals surface area (Å²) in [6.45, 7) is 3.76. The highest BCUT2D eigenvalue weighted by molar-refractivity contribution is 7.99. The monoisotopic (exact) mass is 330 g/mol. The molecule has 1 heterocycles. The van der Waals surface area contributed by atoms with E-state index in [4.69, 9.17) is 33.7 Å². The first-order chi connectivity index (χ1) is 9.44. The van der Waals surface area contributed by atoms with Crippen LogP contribution in [0.4, 0.5) is 5.95 Å². The molecule has 0 fully saturated rings. The number of anilines is 1. The lowest BCUT2D eigenvalue weighted by atomic mass is 10.4. The molecule has 106 valence electrons. The molecule has 1 aromatic heterocycles. The van der Waals surface area contributed by atoms with Gasteiger partial charge in [0, 0.05) is 4.90 Å². The molecule has 20 heavy (non-hydrogen) atoms. The Morgan fingerprint density at radius 3 is 2.55 bits per heavy atom. The van der Waals surface area contributed by atoms with E-state index in [1.807, 2.05) is 19.9 Å². The molecule has 2 aromatic rings. The number of benzene rings is 1. The standard InChI is InChI=1S/C12H12Cl2N4OS/c1-6(2)19-11-16-10(15)17-12(18-11)20-7-3-4-8(13)9(14)5-7/h3-6H,1-2H3,(H2,15,16,17,18). The van der Waals surface area contributed by atoms with Crippen LogP contribution in [0.1, 0.15) is 13.8 Å². The van der Waals surface area contributed by atoms with Gasteiger partial charge in [0.05, 0.1) is 16.1 Å². The minimum atomic E-state index is -0.0420. The number of ether oxygens (including phenoxy) is 1. The van der Waals surface area contributed by atoms with Crippen LogP contribution in [0.2, 0.25) is 10.0 Å². The molecule has 0 saturated heterocycles. The van der Waals surface area contributed by atoms with Crippen molar-refractivity contribution in [3.8, 4) is 6.01 Å². The van der Waals surface area contributed by atoms with Crippen LogP contribution in [-0.2, 0) is 0 Å². The van der Waals surface area contributed by atoms with Crippen LogP contribution in [0.5, 0.6) is 6.01 Å². The average Bonchev–Trinajstić information content (AvgIpc) is 2.32. The molecule has 1 aromatic carbocycles. The molecule has 5 nitrogen and oxygen atoms in total. The van der Waals surface area contributed by atoms with E-state index in [2.05, 4.69) is 15.0 Å². The molecular formula is C12H12Cl2N4OS. The molecule has 0 spiro atoms. The predicted molar refractivity (Wildman–Crippen MR) is 80.6 cm³/mol. The Labute approximate surface area is 130 Å². The fourth-order valence-corrected chi connectivity index (χ4v) is 2.46. The Hall–Kier alpha value is -1.24. The fraction of sp³-hybridized carbons (Fsp3) is 0.250. The van der Waals surface area contributed by atoms with Crippen LogP contribution in [0.15, 0.2) is 28.3 Å². The molecule has 0 bridgehead atoms. The van der Waals surface area contributed by atoms with Crippen molar-refractivity contribution in [2.75, 3.05) is 5.73 Å². The van der Waals surface area contributed by atoms with Gasteiger partial charge in [0.1, 0.15) is 0 Å². The first-order valence-corrected chi connectivity index (χ1v) is 7.32. The number of hydrogen-bond acceptors (Lipinski definition) is 6. The maximum absolute atomic E-state index is 5.96. The molecule has 2 rings (SSSR count). The van der Waals surface area contributed by atoms with Crippen LogP contribution >= 0.6 is 35.0 Å². The number of hydrogen-bond donors (Lipinski definition) is 1. The molecule has 0 aliphatic heterocycles. The number of nitrogen functional groups attached to an aromatic ring is 1. The first kappa shape index (κ1) is 15.2. The van der Waals surface area contributed by atoms with E-state index < -0.39 is 0 Å². The van der Waals surface area contributed by atoms with Gasteiger partial charge < -0.3 is 10.5 Å². The maximum Gasteiger partial charge on any atom is 0.322 e. The van der Waals surface area contributed by atoms with Gasteiger partial charge in [-0.25, -0.2) is 0 Å². The molecule has 0 amide bonds. The van der Waals surface area contributed by atoms with Gasteiger partial charge in [-0.2, -0.15) is 15.0 Å². The first-order valence-electron chi connectivity index (χ1n) is 5.75. The topological polar surface area (TPSA) is 73.9 Å². The molecule has 2 N–H and O–H groups in total. The Morgan fingerprint density at radius 2 is 1.90 bits per heavy atom. The third-order valence-corrected chi connectivity index (χ3v) is 3.65. The predicted octanol–water partition coefficient (Wildman–Crippen LogP) is 3.70. The van der Waals surface area contributed by atoms with Crippen molar-refractivity contribution in [2.45, 2.75) is 30.0 Å². The van der Waals surface area contributed by atoms with Crippen molar-refractivity contribution >= 4 is 40.9 Å². The summed E-state index contributed by atoms with van der Waals surface area (Å²) in [5, 5.41) is 1.40. The SMILES string of the molecule is CC(C)Oc1nc(N)nc(Sc2ccc(Cl)c(Cl)c2)n1. The summed E-state index contributed by atoms with van der Waals surface area (Å²) in [5.41, 5.74) is 5.64. The van der Waals surface area contributed by atoms with Crippen LogP contribution in [0, 0.1) is 0 Å². The fourth-order valence-electron chi connectivity index (χ4n) is 1.31. The number of rotatable bonds is 4. The van der Waals surface area contributed by atoms with Crippen LogP contribution in [0.3, 0.4) is 0 Å². The quantitative estimate of drug-likeness (QED) is 0.921. The minimum absolute atomic E-state index is 0.0420. The lowest BCUT2D eigenvalue weighted by molar-refractivity contribution is 0.219. The second kappa shape index (κ2) is 6.47. The van der Waals surface area contributed by atoms with Gasteiger partial charge >= 0.3 is 6.01 Å². The molecular weight excluding hydrogens is 319 g/mol. The number of nitrogens with two attached hydrogens (primary N) is 1. The van der Waals surface area contributed by atoms with Crippen molar-refractivity contribution in [3.63, 3.8) is 0 Å². The van der Waals surface area contributed by atoms with Gasteiger partial charge in [0.2, 0.25) is 11.1 Å². The Morgan fingerprint density at radius 1 is 1.15 bits per heavy atom. The maximum atomic E-state index is 5.96. The van der Waals surface area contributed by atoms with Crippen molar-refractivity contribution in [3.05, 3.63) is 28.2 Å². The third kappa shape index (κ3) is 4.13. The summed E-state index contributed by atoms with van der Waals surface area (Å²) in [7, 11) is 0. The van der Waals surface area contributed by atoms with Crippen LogP contribution in [0.25, 0.3) is 0 Å². The Balaban J connectivity index is 2.24.